The fraction of sp³-hybridized carbons (Fsp3) is 0.500. The fourth-order valence-corrected chi connectivity index (χ4v) is 1.92. The van der Waals surface area contributed by atoms with E-state index >= 15 is 0 Å². The molecular formula is C10H14N2O2. The molecular weight excluding hydrogens is 180 g/mol. The first-order valence-electron chi connectivity index (χ1n) is 4.94. The number of carboxylic acid groups (broad SMARTS) is 1. The average molecular weight is 194 g/mol. The van der Waals surface area contributed by atoms with Gasteiger partial charge in [-0.25, -0.2) is 4.79 Å². The van der Waals surface area contributed by atoms with Gasteiger partial charge in [-0.2, -0.15) is 0 Å². The number of rotatable bonds is 2. The maximum atomic E-state index is 10.9. The molecule has 0 spiro atoms. The average Bonchev–Trinajstić information content (AvgIpc) is 2.67. The zero-order valence-corrected chi connectivity index (χ0v) is 7.99. The summed E-state index contributed by atoms with van der Waals surface area (Å²) in [6, 6.07) is 0. The summed E-state index contributed by atoms with van der Waals surface area (Å²) in [5.74, 6) is -0.855. The summed E-state index contributed by atoms with van der Waals surface area (Å²) in [7, 11) is 0. The van der Waals surface area contributed by atoms with E-state index in [1.807, 2.05) is 0 Å². The zero-order valence-electron chi connectivity index (χ0n) is 7.99. The molecule has 0 radical (unpaired) electrons. The molecule has 0 aliphatic carbocycles. The van der Waals surface area contributed by atoms with Crippen LogP contribution in [0.25, 0.3) is 0 Å². The highest BCUT2D eigenvalue weighted by Gasteiger charge is 2.18. The Labute approximate surface area is 82.5 Å². The normalized spacial score (nSPS) is 17.0. The van der Waals surface area contributed by atoms with E-state index in [-0.39, 0.29) is 0 Å². The third-order valence-electron chi connectivity index (χ3n) is 2.65. The number of aromatic carboxylic acids is 1. The van der Waals surface area contributed by atoms with Crippen LogP contribution in [0, 0.1) is 0 Å². The molecule has 0 amide bonds. The number of aromatic amines is 1. The number of anilines is 1. The van der Waals surface area contributed by atoms with Crippen LogP contribution >= 0.6 is 0 Å². The molecule has 0 unspecified atom stereocenters. The molecule has 1 fully saturated rings. The molecule has 0 saturated carbocycles. The molecule has 0 atom stereocenters. The van der Waals surface area contributed by atoms with E-state index in [0.717, 1.165) is 31.6 Å². The van der Waals surface area contributed by atoms with E-state index in [1.165, 1.54) is 6.42 Å². The molecule has 1 aromatic heterocycles. The Morgan fingerprint density at radius 2 is 2.00 bits per heavy atom. The molecule has 1 aliphatic rings. The van der Waals surface area contributed by atoms with Gasteiger partial charge in [-0.05, 0) is 19.3 Å². The van der Waals surface area contributed by atoms with Crippen LogP contribution in [0.3, 0.4) is 0 Å². The highest BCUT2D eigenvalue weighted by atomic mass is 16.4. The minimum Gasteiger partial charge on any atom is -0.478 e. The third kappa shape index (κ3) is 1.60. The molecule has 0 bridgehead atoms. The Balaban J connectivity index is 2.21. The van der Waals surface area contributed by atoms with Crippen molar-refractivity contribution in [1.82, 2.24) is 4.98 Å². The van der Waals surface area contributed by atoms with Gasteiger partial charge in [0.15, 0.2) is 0 Å². The predicted octanol–water partition coefficient (Wildman–Crippen LogP) is 1.70. The van der Waals surface area contributed by atoms with Crippen molar-refractivity contribution in [1.29, 1.82) is 0 Å². The van der Waals surface area contributed by atoms with E-state index < -0.39 is 5.97 Å². The second kappa shape index (κ2) is 3.74. The van der Waals surface area contributed by atoms with Crippen molar-refractivity contribution in [2.24, 2.45) is 0 Å². The molecule has 0 aromatic carbocycles. The van der Waals surface area contributed by atoms with Crippen molar-refractivity contribution in [2.45, 2.75) is 19.3 Å². The molecule has 4 nitrogen and oxygen atoms in total. The maximum Gasteiger partial charge on any atom is 0.339 e. The smallest absolute Gasteiger partial charge is 0.339 e. The molecule has 2 rings (SSSR count). The summed E-state index contributed by atoms with van der Waals surface area (Å²) in [4.78, 5) is 15.9. The van der Waals surface area contributed by atoms with Gasteiger partial charge in [0.1, 0.15) is 5.56 Å². The topological polar surface area (TPSA) is 56.3 Å². The number of aromatic nitrogens is 1. The number of nitrogens with zero attached hydrogens (tertiary/aromatic N) is 1. The zero-order chi connectivity index (χ0) is 9.97. The second-order valence-electron chi connectivity index (χ2n) is 3.61. The number of carbonyl (C=O) groups is 1. The lowest BCUT2D eigenvalue weighted by Gasteiger charge is -2.28. The standard InChI is InChI=1S/C10H14N2O2/c13-10(14)8-6-11-7-9(8)12-4-2-1-3-5-12/h6-7,11H,1-5H2,(H,13,14). The first kappa shape index (κ1) is 9.12. The van der Waals surface area contributed by atoms with E-state index in [4.69, 9.17) is 5.11 Å². The van der Waals surface area contributed by atoms with Crippen molar-refractivity contribution >= 4 is 11.7 Å². The lowest BCUT2D eigenvalue weighted by atomic mass is 10.1. The third-order valence-corrected chi connectivity index (χ3v) is 2.65. The predicted molar refractivity (Wildman–Crippen MR) is 53.8 cm³/mol. The van der Waals surface area contributed by atoms with Crippen LogP contribution in [0.2, 0.25) is 0 Å². The van der Waals surface area contributed by atoms with E-state index in [1.54, 1.807) is 12.4 Å². The molecule has 1 aliphatic heterocycles. The lowest BCUT2D eigenvalue weighted by Crippen LogP contribution is -2.30. The number of nitrogens with one attached hydrogen (secondary N) is 1. The van der Waals surface area contributed by atoms with Crippen molar-refractivity contribution < 1.29 is 9.90 Å². The Kier molecular flexibility index (Phi) is 2.43. The van der Waals surface area contributed by atoms with Gasteiger partial charge in [0.05, 0.1) is 5.69 Å². The monoisotopic (exact) mass is 194 g/mol. The van der Waals surface area contributed by atoms with Gasteiger partial charge < -0.3 is 15.0 Å². The van der Waals surface area contributed by atoms with Gasteiger partial charge in [-0.3, -0.25) is 0 Å². The number of hydrogen-bond donors (Lipinski definition) is 2. The van der Waals surface area contributed by atoms with Crippen molar-refractivity contribution in [3.05, 3.63) is 18.0 Å². The van der Waals surface area contributed by atoms with Gasteiger partial charge in [0.2, 0.25) is 0 Å². The van der Waals surface area contributed by atoms with Crippen LogP contribution in [-0.2, 0) is 0 Å². The van der Waals surface area contributed by atoms with Gasteiger partial charge in [-0.1, -0.05) is 0 Å². The quantitative estimate of drug-likeness (QED) is 0.753. The largest absolute Gasteiger partial charge is 0.478 e. The number of piperidine rings is 1. The van der Waals surface area contributed by atoms with Crippen LogP contribution < -0.4 is 4.90 Å². The molecule has 76 valence electrons. The molecule has 4 heteroatoms. The Morgan fingerprint density at radius 1 is 1.29 bits per heavy atom. The first-order valence-corrected chi connectivity index (χ1v) is 4.94. The Bertz CT molecular complexity index is 327. The molecule has 1 saturated heterocycles. The van der Waals surface area contributed by atoms with Gasteiger partial charge >= 0.3 is 5.97 Å². The van der Waals surface area contributed by atoms with Crippen LogP contribution in [0.15, 0.2) is 12.4 Å². The van der Waals surface area contributed by atoms with E-state index in [2.05, 4.69) is 9.88 Å². The minimum absolute atomic E-state index is 0.381. The van der Waals surface area contributed by atoms with Crippen LogP contribution in [0.4, 0.5) is 5.69 Å². The summed E-state index contributed by atoms with van der Waals surface area (Å²) in [5, 5.41) is 8.94. The number of hydrogen-bond acceptors (Lipinski definition) is 2. The summed E-state index contributed by atoms with van der Waals surface area (Å²) >= 11 is 0. The summed E-state index contributed by atoms with van der Waals surface area (Å²) in [6.07, 6.45) is 6.89. The summed E-state index contributed by atoms with van der Waals surface area (Å²) < 4.78 is 0. The van der Waals surface area contributed by atoms with E-state index in [0.29, 0.717) is 5.56 Å². The highest BCUT2D eigenvalue weighted by molar-refractivity contribution is 5.94. The van der Waals surface area contributed by atoms with Crippen molar-refractivity contribution in [3.63, 3.8) is 0 Å². The minimum atomic E-state index is -0.855. The molecule has 1 aromatic rings. The maximum absolute atomic E-state index is 10.9. The van der Waals surface area contributed by atoms with Gasteiger partial charge in [0, 0.05) is 25.5 Å². The number of carboxylic acids is 1. The van der Waals surface area contributed by atoms with Crippen LogP contribution in [0.1, 0.15) is 29.6 Å². The van der Waals surface area contributed by atoms with Crippen molar-refractivity contribution in [2.75, 3.05) is 18.0 Å². The molecule has 2 heterocycles. The Hall–Kier alpha value is -1.45. The highest BCUT2D eigenvalue weighted by Crippen LogP contribution is 2.23. The molecule has 14 heavy (non-hydrogen) atoms. The lowest BCUT2D eigenvalue weighted by molar-refractivity contribution is 0.0697. The Morgan fingerprint density at radius 3 is 2.64 bits per heavy atom. The first-order chi connectivity index (χ1) is 6.79. The van der Waals surface area contributed by atoms with Crippen LogP contribution in [0.5, 0.6) is 0 Å². The fourth-order valence-electron chi connectivity index (χ4n) is 1.92. The molecule has 2 N–H and O–H groups in total. The van der Waals surface area contributed by atoms with E-state index in [9.17, 15) is 4.79 Å². The van der Waals surface area contributed by atoms with Gasteiger partial charge in [0.25, 0.3) is 0 Å². The van der Waals surface area contributed by atoms with Gasteiger partial charge in [-0.15, -0.1) is 0 Å². The van der Waals surface area contributed by atoms with Crippen molar-refractivity contribution in [3.8, 4) is 0 Å². The van der Waals surface area contributed by atoms with Crippen LogP contribution in [-0.4, -0.2) is 29.1 Å². The number of H-pyrrole nitrogens is 1. The SMILES string of the molecule is O=C(O)c1c[nH]cc1N1CCCCC1. The second-order valence-corrected chi connectivity index (χ2v) is 3.61. The summed E-state index contributed by atoms with van der Waals surface area (Å²) in [6.45, 7) is 1.94. The summed E-state index contributed by atoms with van der Waals surface area (Å²) in [5.41, 5.74) is 1.21.